The zero-order chi connectivity index (χ0) is 13.1. The van der Waals surface area contributed by atoms with Crippen LogP contribution < -0.4 is 5.32 Å². The van der Waals surface area contributed by atoms with E-state index in [0.29, 0.717) is 10.8 Å². The fourth-order valence-electron chi connectivity index (χ4n) is 6.94. The number of rotatable bonds is 5. The van der Waals surface area contributed by atoms with Gasteiger partial charge in [-0.1, -0.05) is 13.8 Å². The molecule has 5 aliphatic carbocycles. The maximum absolute atomic E-state index is 3.75. The Morgan fingerprint density at radius 1 is 0.947 bits per heavy atom. The molecule has 0 aromatic rings. The maximum Gasteiger partial charge on any atom is -0.00205 e. The van der Waals surface area contributed by atoms with Gasteiger partial charge in [0.2, 0.25) is 0 Å². The van der Waals surface area contributed by atoms with Gasteiger partial charge in [0.15, 0.2) is 0 Å². The third-order valence-electron chi connectivity index (χ3n) is 6.70. The third kappa shape index (κ3) is 2.37. The van der Waals surface area contributed by atoms with Crippen molar-refractivity contribution in [2.24, 2.45) is 28.1 Å². The van der Waals surface area contributed by atoms with Crippen LogP contribution in [0.5, 0.6) is 0 Å². The van der Waals surface area contributed by atoms with Gasteiger partial charge in [-0.3, -0.25) is 0 Å². The Bertz CT molecular complexity index is 352. The summed E-state index contributed by atoms with van der Waals surface area (Å²) in [5.41, 5.74) is 2.12. The van der Waals surface area contributed by atoms with Crippen LogP contribution in [0, 0.1) is 28.1 Å². The van der Waals surface area contributed by atoms with Crippen LogP contribution in [0.3, 0.4) is 0 Å². The highest BCUT2D eigenvalue weighted by Crippen LogP contribution is 2.70. The van der Waals surface area contributed by atoms with E-state index in [2.05, 4.69) is 19.2 Å². The number of nitrogens with one attached hydrogen (secondary N) is 1. The van der Waals surface area contributed by atoms with Crippen LogP contribution in [0.15, 0.2) is 0 Å². The molecule has 2 unspecified atom stereocenters. The minimum Gasteiger partial charge on any atom is -0.316 e. The van der Waals surface area contributed by atoms with Gasteiger partial charge in [-0.2, -0.15) is 0 Å². The van der Waals surface area contributed by atoms with Crippen LogP contribution in [0.1, 0.15) is 71.6 Å². The second kappa shape index (κ2) is 4.00. The molecule has 1 nitrogen and oxygen atoms in total. The average Bonchev–Trinajstić information content (AvgIpc) is 3.02. The molecule has 0 aromatic carbocycles. The Hall–Kier alpha value is -0.0400. The highest BCUT2D eigenvalue weighted by molar-refractivity contribution is 5.10. The first-order valence-electron chi connectivity index (χ1n) is 8.69. The van der Waals surface area contributed by atoms with Gasteiger partial charge in [0.05, 0.1) is 0 Å². The molecule has 1 N–H and O–H groups in total. The van der Waals surface area contributed by atoms with Crippen LogP contribution in [-0.4, -0.2) is 13.1 Å². The van der Waals surface area contributed by atoms with E-state index in [-0.39, 0.29) is 0 Å². The lowest BCUT2D eigenvalue weighted by molar-refractivity contribution is -0.147. The molecular formula is C18H31N. The lowest BCUT2D eigenvalue weighted by Gasteiger charge is -2.65. The van der Waals surface area contributed by atoms with E-state index in [1.807, 2.05) is 0 Å². The van der Waals surface area contributed by atoms with Crippen LogP contribution in [0.25, 0.3) is 0 Å². The Balaban J connectivity index is 1.41. The molecule has 5 saturated carbocycles. The summed E-state index contributed by atoms with van der Waals surface area (Å²) in [6.07, 6.45) is 13.7. The predicted octanol–water partition coefficient (Wildman–Crippen LogP) is 4.37. The van der Waals surface area contributed by atoms with Gasteiger partial charge >= 0.3 is 0 Å². The van der Waals surface area contributed by atoms with Crippen molar-refractivity contribution in [3.63, 3.8) is 0 Å². The Labute approximate surface area is 118 Å². The Morgan fingerprint density at radius 2 is 1.63 bits per heavy atom. The van der Waals surface area contributed by atoms with E-state index in [0.717, 1.165) is 17.3 Å². The van der Waals surface area contributed by atoms with Gasteiger partial charge in [-0.05, 0) is 99.0 Å². The molecule has 5 aliphatic rings. The molecule has 2 atom stereocenters. The molecule has 0 aliphatic heterocycles. The van der Waals surface area contributed by atoms with Crippen molar-refractivity contribution < 1.29 is 0 Å². The summed E-state index contributed by atoms with van der Waals surface area (Å²) >= 11 is 0. The van der Waals surface area contributed by atoms with E-state index in [1.165, 1.54) is 51.6 Å². The van der Waals surface area contributed by atoms with Crippen molar-refractivity contribution in [2.45, 2.75) is 71.6 Å². The normalized spacial score (nSPS) is 51.8. The topological polar surface area (TPSA) is 12.0 Å². The Morgan fingerprint density at radius 3 is 2.21 bits per heavy atom. The molecule has 4 bridgehead atoms. The molecule has 0 aromatic heterocycles. The summed E-state index contributed by atoms with van der Waals surface area (Å²) in [7, 11) is 0. The second-order valence-corrected chi connectivity index (χ2v) is 9.53. The summed E-state index contributed by atoms with van der Waals surface area (Å²) in [5.74, 6) is 2.10. The van der Waals surface area contributed by atoms with Crippen LogP contribution >= 0.6 is 0 Å². The highest BCUT2D eigenvalue weighted by Gasteiger charge is 2.59. The van der Waals surface area contributed by atoms with E-state index in [9.17, 15) is 0 Å². The first-order chi connectivity index (χ1) is 8.99. The summed E-state index contributed by atoms with van der Waals surface area (Å²) in [6.45, 7) is 7.79. The monoisotopic (exact) mass is 261 g/mol. The van der Waals surface area contributed by atoms with Crippen molar-refractivity contribution in [2.75, 3.05) is 13.1 Å². The zero-order valence-corrected chi connectivity index (χ0v) is 12.9. The van der Waals surface area contributed by atoms with Crippen molar-refractivity contribution in [1.82, 2.24) is 5.32 Å². The molecule has 0 heterocycles. The quantitative estimate of drug-likeness (QED) is 0.725. The lowest BCUT2D eigenvalue weighted by Crippen LogP contribution is -2.55. The van der Waals surface area contributed by atoms with Crippen molar-refractivity contribution in [1.29, 1.82) is 0 Å². The van der Waals surface area contributed by atoms with Gasteiger partial charge < -0.3 is 5.32 Å². The maximum atomic E-state index is 3.75. The Kier molecular flexibility index (Phi) is 2.67. The summed E-state index contributed by atoms with van der Waals surface area (Å²) < 4.78 is 0. The fourth-order valence-corrected chi connectivity index (χ4v) is 6.94. The van der Waals surface area contributed by atoms with Crippen LogP contribution in [0.2, 0.25) is 0 Å². The summed E-state index contributed by atoms with van der Waals surface area (Å²) in [6, 6.07) is 0. The lowest BCUT2D eigenvalue weighted by atomic mass is 9.40. The molecular weight excluding hydrogens is 230 g/mol. The third-order valence-corrected chi connectivity index (χ3v) is 6.70. The smallest absolute Gasteiger partial charge is 0.00205 e. The van der Waals surface area contributed by atoms with Gasteiger partial charge in [-0.15, -0.1) is 0 Å². The molecule has 0 saturated heterocycles. The SMILES string of the molecule is CC12CC3CC(C)(C1)CC(CCNCC1CC1)(C3)C2. The van der Waals surface area contributed by atoms with E-state index in [1.54, 1.807) is 19.3 Å². The van der Waals surface area contributed by atoms with Crippen LogP contribution in [0.4, 0.5) is 0 Å². The summed E-state index contributed by atoms with van der Waals surface area (Å²) in [4.78, 5) is 0. The molecule has 0 amide bonds. The average molecular weight is 261 g/mol. The first kappa shape index (κ1) is 12.7. The largest absolute Gasteiger partial charge is 0.316 e. The van der Waals surface area contributed by atoms with Gasteiger partial charge in [0.25, 0.3) is 0 Å². The highest BCUT2D eigenvalue weighted by atomic mass is 14.9. The van der Waals surface area contributed by atoms with E-state index < -0.39 is 0 Å². The summed E-state index contributed by atoms with van der Waals surface area (Å²) in [5, 5.41) is 3.75. The molecule has 19 heavy (non-hydrogen) atoms. The first-order valence-corrected chi connectivity index (χ1v) is 8.69. The van der Waals surface area contributed by atoms with Gasteiger partial charge in [0.1, 0.15) is 0 Å². The molecule has 5 rings (SSSR count). The van der Waals surface area contributed by atoms with E-state index in [4.69, 9.17) is 0 Å². The fraction of sp³-hybridized carbons (Fsp3) is 1.00. The predicted molar refractivity (Wildman–Crippen MR) is 80.0 cm³/mol. The van der Waals surface area contributed by atoms with Crippen molar-refractivity contribution in [3.8, 4) is 0 Å². The molecule has 5 fully saturated rings. The van der Waals surface area contributed by atoms with Crippen molar-refractivity contribution >= 4 is 0 Å². The van der Waals surface area contributed by atoms with Gasteiger partial charge in [-0.25, -0.2) is 0 Å². The van der Waals surface area contributed by atoms with Crippen molar-refractivity contribution in [3.05, 3.63) is 0 Å². The molecule has 1 heteroatoms. The number of hydrogen-bond donors (Lipinski definition) is 1. The van der Waals surface area contributed by atoms with E-state index >= 15 is 0 Å². The standard InChI is InChI=1S/C18H31N/c1-16-7-15-8-17(2,11-16)13-18(9-15,12-16)5-6-19-10-14-3-4-14/h14-15,19H,3-13H2,1-2H3. The van der Waals surface area contributed by atoms with Gasteiger partial charge in [0, 0.05) is 0 Å². The number of hydrogen-bond acceptors (Lipinski definition) is 1. The minimum absolute atomic E-state index is 0.699. The molecule has 0 radical (unpaired) electrons. The second-order valence-electron chi connectivity index (χ2n) is 9.53. The molecule has 108 valence electrons. The minimum atomic E-state index is 0.699. The zero-order valence-electron chi connectivity index (χ0n) is 12.9. The van der Waals surface area contributed by atoms with Crippen LogP contribution in [-0.2, 0) is 0 Å². The molecule has 0 spiro atoms.